The molecule has 1 N–H and O–H groups in total. The van der Waals surface area contributed by atoms with Gasteiger partial charge in [0.2, 0.25) is 10.0 Å². The number of hydrogen-bond acceptors (Lipinski definition) is 3. The van der Waals surface area contributed by atoms with E-state index in [1.807, 2.05) is 11.8 Å². The summed E-state index contributed by atoms with van der Waals surface area (Å²) in [5.41, 5.74) is 0. The maximum absolute atomic E-state index is 11.0. The van der Waals surface area contributed by atoms with Gasteiger partial charge in [-0.25, -0.2) is 13.1 Å². The maximum atomic E-state index is 11.0. The maximum Gasteiger partial charge on any atom is 0.208 e. The van der Waals surface area contributed by atoms with Crippen LogP contribution >= 0.6 is 11.8 Å². The van der Waals surface area contributed by atoms with Crippen LogP contribution in [-0.4, -0.2) is 32.2 Å². The molecule has 2 atom stereocenters. The second kappa shape index (κ2) is 4.66. The van der Waals surface area contributed by atoms with E-state index in [4.69, 9.17) is 0 Å². The van der Waals surface area contributed by atoms with Crippen LogP contribution in [0.4, 0.5) is 0 Å². The van der Waals surface area contributed by atoms with E-state index in [0.29, 0.717) is 5.25 Å². The molecule has 78 valence electrons. The van der Waals surface area contributed by atoms with Gasteiger partial charge in [0.15, 0.2) is 0 Å². The van der Waals surface area contributed by atoms with Crippen LogP contribution in [0.5, 0.6) is 0 Å². The van der Waals surface area contributed by atoms with E-state index >= 15 is 0 Å². The topological polar surface area (TPSA) is 46.2 Å². The van der Waals surface area contributed by atoms with E-state index in [-0.39, 0.29) is 6.04 Å². The lowest BCUT2D eigenvalue weighted by Gasteiger charge is -2.27. The number of thioether (sulfide) groups is 1. The van der Waals surface area contributed by atoms with Crippen molar-refractivity contribution in [1.82, 2.24) is 4.72 Å². The third-order valence-electron chi connectivity index (χ3n) is 2.34. The van der Waals surface area contributed by atoms with E-state index in [1.165, 1.54) is 12.7 Å². The highest BCUT2D eigenvalue weighted by molar-refractivity contribution is 7.99. The highest BCUT2D eigenvalue weighted by atomic mass is 32.2. The van der Waals surface area contributed by atoms with Crippen LogP contribution in [0.25, 0.3) is 0 Å². The second-order valence-corrected chi connectivity index (χ2v) is 6.53. The van der Waals surface area contributed by atoms with Crippen molar-refractivity contribution in [1.29, 1.82) is 0 Å². The molecule has 0 amide bonds. The van der Waals surface area contributed by atoms with Gasteiger partial charge < -0.3 is 0 Å². The first-order chi connectivity index (χ1) is 6.01. The number of rotatable bonds is 3. The zero-order chi connectivity index (χ0) is 9.90. The average molecular weight is 223 g/mol. The fourth-order valence-corrected chi connectivity index (χ4v) is 3.42. The summed E-state index contributed by atoms with van der Waals surface area (Å²) < 4.78 is 24.6. The van der Waals surface area contributed by atoms with Gasteiger partial charge in [0.05, 0.1) is 6.26 Å². The number of sulfonamides is 1. The van der Waals surface area contributed by atoms with E-state index in [0.717, 1.165) is 19.3 Å². The Hall–Kier alpha value is 0.260. The molecule has 0 radical (unpaired) electrons. The van der Waals surface area contributed by atoms with Crippen LogP contribution in [0.15, 0.2) is 0 Å². The fourth-order valence-electron chi connectivity index (χ4n) is 1.77. The van der Waals surface area contributed by atoms with Crippen LogP contribution in [0.1, 0.15) is 25.7 Å². The van der Waals surface area contributed by atoms with Gasteiger partial charge >= 0.3 is 0 Å². The molecule has 13 heavy (non-hydrogen) atoms. The molecular formula is C8H17NO2S2. The van der Waals surface area contributed by atoms with Crippen molar-refractivity contribution in [3.8, 4) is 0 Å². The summed E-state index contributed by atoms with van der Waals surface area (Å²) in [5.74, 6) is 0. The lowest BCUT2D eigenvalue weighted by Crippen LogP contribution is -2.38. The molecule has 1 fully saturated rings. The normalized spacial score (nSPS) is 30.3. The molecule has 1 aliphatic carbocycles. The first-order valence-corrected chi connectivity index (χ1v) is 7.69. The largest absolute Gasteiger partial charge is 0.213 e. The van der Waals surface area contributed by atoms with E-state index in [9.17, 15) is 8.42 Å². The van der Waals surface area contributed by atoms with E-state index in [2.05, 4.69) is 11.0 Å². The van der Waals surface area contributed by atoms with E-state index in [1.54, 1.807) is 0 Å². The van der Waals surface area contributed by atoms with Gasteiger partial charge in [-0.1, -0.05) is 6.42 Å². The molecular weight excluding hydrogens is 206 g/mol. The minimum absolute atomic E-state index is 0.168. The summed E-state index contributed by atoms with van der Waals surface area (Å²) in [5, 5.41) is 0.632. The third kappa shape index (κ3) is 4.33. The zero-order valence-corrected chi connectivity index (χ0v) is 9.75. The Morgan fingerprint density at radius 3 is 2.62 bits per heavy atom. The van der Waals surface area contributed by atoms with Gasteiger partial charge in [-0.3, -0.25) is 0 Å². The SMILES string of the molecule is CSC1CCCC(NS(C)(=O)=O)C1. The Kier molecular flexibility index (Phi) is 4.06. The first kappa shape index (κ1) is 11.3. The fraction of sp³-hybridized carbons (Fsp3) is 1.00. The van der Waals surface area contributed by atoms with Crippen molar-refractivity contribution in [2.75, 3.05) is 12.5 Å². The van der Waals surface area contributed by atoms with Gasteiger partial charge in [-0.2, -0.15) is 11.8 Å². The number of hydrogen-bond donors (Lipinski definition) is 1. The molecule has 0 aliphatic heterocycles. The molecule has 0 saturated heterocycles. The summed E-state index contributed by atoms with van der Waals surface area (Å²) in [4.78, 5) is 0. The zero-order valence-electron chi connectivity index (χ0n) is 8.12. The van der Waals surface area contributed by atoms with Crippen molar-refractivity contribution in [2.45, 2.75) is 37.0 Å². The average Bonchev–Trinajstić information content (AvgIpc) is 2.01. The molecule has 0 aromatic rings. The van der Waals surface area contributed by atoms with Crippen LogP contribution in [-0.2, 0) is 10.0 Å². The Morgan fingerprint density at radius 1 is 1.38 bits per heavy atom. The molecule has 0 spiro atoms. The Morgan fingerprint density at radius 2 is 2.08 bits per heavy atom. The van der Waals surface area contributed by atoms with Crippen LogP contribution in [0.2, 0.25) is 0 Å². The second-order valence-electron chi connectivity index (χ2n) is 3.61. The molecule has 1 saturated carbocycles. The molecule has 1 rings (SSSR count). The molecule has 0 aromatic carbocycles. The molecule has 3 nitrogen and oxygen atoms in total. The Bertz CT molecular complexity index is 251. The predicted molar refractivity (Wildman–Crippen MR) is 57.5 cm³/mol. The molecule has 0 aromatic heterocycles. The Balaban J connectivity index is 2.43. The molecule has 5 heteroatoms. The van der Waals surface area contributed by atoms with Gasteiger partial charge in [-0.15, -0.1) is 0 Å². The van der Waals surface area contributed by atoms with Crippen molar-refractivity contribution < 1.29 is 8.42 Å². The van der Waals surface area contributed by atoms with Gasteiger partial charge in [0.25, 0.3) is 0 Å². The van der Waals surface area contributed by atoms with Crippen LogP contribution in [0, 0.1) is 0 Å². The summed E-state index contributed by atoms with van der Waals surface area (Å²) in [6.07, 6.45) is 7.66. The summed E-state index contributed by atoms with van der Waals surface area (Å²) >= 11 is 1.84. The summed E-state index contributed by atoms with van der Waals surface area (Å²) in [6, 6.07) is 0.168. The molecule has 0 heterocycles. The monoisotopic (exact) mass is 223 g/mol. The minimum Gasteiger partial charge on any atom is -0.213 e. The standard InChI is InChI=1S/C8H17NO2S2/c1-12-8-5-3-4-7(6-8)9-13(2,10)11/h7-9H,3-6H2,1-2H3. The van der Waals surface area contributed by atoms with Crippen molar-refractivity contribution in [3.63, 3.8) is 0 Å². The highest BCUT2D eigenvalue weighted by Crippen LogP contribution is 2.26. The first-order valence-electron chi connectivity index (χ1n) is 4.51. The molecule has 2 unspecified atom stereocenters. The van der Waals surface area contributed by atoms with Crippen LogP contribution in [0.3, 0.4) is 0 Å². The van der Waals surface area contributed by atoms with Crippen molar-refractivity contribution >= 4 is 21.8 Å². The molecule has 0 bridgehead atoms. The lowest BCUT2D eigenvalue weighted by molar-refractivity contribution is 0.422. The van der Waals surface area contributed by atoms with Gasteiger partial charge in [0, 0.05) is 11.3 Å². The predicted octanol–water partition coefficient (Wildman–Crippen LogP) is 1.21. The molecule has 1 aliphatic rings. The highest BCUT2D eigenvalue weighted by Gasteiger charge is 2.23. The smallest absolute Gasteiger partial charge is 0.208 e. The summed E-state index contributed by atoms with van der Waals surface area (Å²) in [7, 11) is -3.01. The van der Waals surface area contributed by atoms with Gasteiger partial charge in [-0.05, 0) is 25.5 Å². The number of nitrogens with one attached hydrogen (secondary N) is 1. The minimum atomic E-state index is -3.01. The third-order valence-corrected chi connectivity index (χ3v) is 4.20. The van der Waals surface area contributed by atoms with Crippen molar-refractivity contribution in [2.24, 2.45) is 0 Å². The van der Waals surface area contributed by atoms with Crippen LogP contribution < -0.4 is 4.72 Å². The summed E-state index contributed by atoms with van der Waals surface area (Å²) in [6.45, 7) is 0. The lowest BCUT2D eigenvalue weighted by atomic mass is 9.96. The van der Waals surface area contributed by atoms with Crippen molar-refractivity contribution in [3.05, 3.63) is 0 Å². The quantitative estimate of drug-likeness (QED) is 0.782. The Labute approximate surface area is 84.7 Å². The van der Waals surface area contributed by atoms with Gasteiger partial charge in [0.1, 0.15) is 0 Å². The van der Waals surface area contributed by atoms with E-state index < -0.39 is 10.0 Å².